The van der Waals surface area contributed by atoms with Crippen molar-refractivity contribution in [2.24, 2.45) is 0 Å². The number of aromatic nitrogens is 2. The molecule has 1 heterocycles. The van der Waals surface area contributed by atoms with Gasteiger partial charge in [-0.15, -0.1) is 0 Å². The molecule has 0 saturated heterocycles. The standard InChI is InChI=1S/C12H14N2O/c1-8-4-3-5-10(9(8)2)12(15)11-6-13-7-14-11/h3-7,12,15H,1-2H3,(H,13,14)/t12-/m0/s1. The zero-order valence-electron chi connectivity index (χ0n) is 8.86. The van der Waals surface area contributed by atoms with Crippen molar-refractivity contribution in [1.29, 1.82) is 0 Å². The van der Waals surface area contributed by atoms with Crippen molar-refractivity contribution >= 4 is 0 Å². The molecule has 0 fully saturated rings. The Hall–Kier alpha value is -1.61. The third kappa shape index (κ3) is 1.78. The maximum Gasteiger partial charge on any atom is 0.121 e. The number of rotatable bonds is 2. The highest BCUT2D eigenvalue weighted by Gasteiger charge is 2.14. The molecular weight excluding hydrogens is 188 g/mol. The maximum absolute atomic E-state index is 10.1. The molecule has 3 heteroatoms. The van der Waals surface area contributed by atoms with Crippen molar-refractivity contribution in [2.45, 2.75) is 20.0 Å². The van der Waals surface area contributed by atoms with Crippen LogP contribution in [0.1, 0.15) is 28.5 Å². The van der Waals surface area contributed by atoms with Gasteiger partial charge >= 0.3 is 0 Å². The van der Waals surface area contributed by atoms with E-state index in [4.69, 9.17) is 0 Å². The van der Waals surface area contributed by atoms with Crippen molar-refractivity contribution in [2.75, 3.05) is 0 Å². The van der Waals surface area contributed by atoms with Gasteiger partial charge in [0.2, 0.25) is 0 Å². The first-order valence-corrected chi connectivity index (χ1v) is 4.92. The molecule has 0 amide bonds. The molecular formula is C12H14N2O. The molecule has 2 rings (SSSR count). The Morgan fingerprint density at radius 2 is 2.13 bits per heavy atom. The predicted molar refractivity (Wildman–Crippen MR) is 58.6 cm³/mol. The first-order chi connectivity index (χ1) is 7.20. The number of imidazole rings is 1. The summed E-state index contributed by atoms with van der Waals surface area (Å²) in [6, 6.07) is 5.93. The lowest BCUT2D eigenvalue weighted by molar-refractivity contribution is 0.215. The average molecular weight is 202 g/mol. The van der Waals surface area contributed by atoms with Crippen LogP contribution in [-0.2, 0) is 0 Å². The summed E-state index contributed by atoms with van der Waals surface area (Å²) in [6.07, 6.45) is 2.60. The highest BCUT2D eigenvalue weighted by molar-refractivity contribution is 5.37. The summed E-state index contributed by atoms with van der Waals surface area (Å²) in [5, 5.41) is 10.1. The van der Waals surface area contributed by atoms with Crippen LogP contribution in [0.25, 0.3) is 0 Å². The fraction of sp³-hybridized carbons (Fsp3) is 0.250. The Balaban J connectivity index is 2.42. The van der Waals surface area contributed by atoms with E-state index in [0.717, 1.165) is 16.8 Å². The van der Waals surface area contributed by atoms with Gasteiger partial charge in [-0.2, -0.15) is 0 Å². The molecule has 3 nitrogen and oxygen atoms in total. The van der Waals surface area contributed by atoms with Crippen LogP contribution in [-0.4, -0.2) is 15.1 Å². The number of aliphatic hydroxyl groups excluding tert-OH is 1. The molecule has 0 radical (unpaired) electrons. The SMILES string of the molecule is Cc1cccc([C@H](O)c2cnc[nH]2)c1C. The van der Waals surface area contributed by atoms with E-state index in [1.165, 1.54) is 5.56 Å². The number of H-pyrrole nitrogens is 1. The van der Waals surface area contributed by atoms with Crippen LogP contribution in [0.2, 0.25) is 0 Å². The topological polar surface area (TPSA) is 48.9 Å². The number of nitrogens with one attached hydrogen (secondary N) is 1. The van der Waals surface area contributed by atoms with E-state index < -0.39 is 6.10 Å². The third-order valence-corrected chi connectivity index (χ3v) is 2.76. The lowest BCUT2D eigenvalue weighted by atomic mass is 9.98. The van der Waals surface area contributed by atoms with Crippen molar-refractivity contribution < 1.29 is 5.11 Å². The number of benzene rings is 1. The summed E-state index contributed by atoms with van der Waals surface area (Å²) in [5.41, 5.74) is 3.97. The predicted octanol–water partition coefficient (Wildman–Crippen LogP) is 2.11. The van der Waals surface area contributed by atoms with Crippen molar-refractivity contribution in [1.82, 2.24) is 9.97 Å². The van der Waals surface area contributed by atoms with Crippen molar-refractivity contribution in [3.63, 3.8) is 0 Å². The van der Waals surface area contributed by atoms with Gasteiger partial charge in [-0.05, 0) is 30.5 Å². The van der Waals surface area contributed by atoms with Gasteiger partial charge in [-0.3, -0.25) is 0 Å². The fourth-order valence-corrected chi connectivity index (χ4v) is 1.65. The van der Waals surface area contributed by atoms with Gasteiger partial charge in [0, 0.05) is 0 Å². The Labute approximate surface area is 88.8 Å². The highest BCUT2D eigenvalue weighted by atomic mass is 16.3. The zero-order chi connectivity index (χ0) is 10.8. The van der Waals surface area contributed by atoms with Gasteiger partial charge in [-0.25, -0.2) is 4.98 Å². The Morgan fingerprint density at radius 1 is 1.33 bits per heavy atom. The molecule has 0 spiro atoms. The number of hydrogen-bond acceptors (Lipinski definition) is 2. The smallest absolute Gasteiger partial charge is 0.121 e. The van der Waals surface area contributed by atoms with E-state index in [-0.39, 0.29) is 0 Å². The van der Waals surface area contributed by atoms with E-state index >= 15 is 0 Å². The van der Waals surface area contributed by atoms with Crippen LogP contribution in [0.4, 0.5) is 0 Å². The summed E-state index contributed by atoms with van der Waals surface area (Å²) in [7, 11) is 0. The van der Waals surface area contributed by atoms with Gasteiger partial charge in [0.25, 0.3) is 0 Å². The van der Waals surface area contributed by atoms with E-state index in [0.29, 0.717) is 0 Å². The highest BCUT2D eigenvalue weighted by Crippen LogP contribution is 2.24. The minimum absolute atomic E-state index is 0.618. The lowest BCUT2D eigenvalue weighted by Gasteiger charge is -2.13. The molecule has 15 heavy (non-hydrogen) atoms. The molecule has 2 aromatic rings. The first-order valence-electron chi connectivity index (χ1n) is 4.92. The van der Waals surface area contributed by atoms with Gasteiger partial charge in [0.05, 0.1) is 18.2 Å². The van der Waals surface area contributed by atoms with Crippen LogP contribution < -0.4 is 0 Å². The number of hydrogen-bond donors (Lipinski definition) is 2. The van der Waals surface area contributed by atoms with Crippen molar-refractivity contribution in [3.8, 4) is 0 Å². The van der Waals surface area contributed by atoms with Crippen LogP contribution in [0.5, 0.6) is 0 Å². The van der Waals surface area contributed by atoms with E-state index in [9.17, 15) is 5.11 Å². The number of aromatic amines is 1. The Morgan fingerprint density at radius 3 is 2.80 bits per heavy atom. The third-order valence-electron chi connectivity index (χ3n) is 2.76. The molecule has 0 aliphatic carbocycles. The molecule has 0 saturated carbocycles. The minimum atomic E-state index is -0.618. The normalized spacial score (nSPS) is 12.7. The monoisotopic (exact) mass is 202 g/mol. The second kappa shape index (κ2) is 3.87. The molecule has 0 bridgehead atoms. The molecule has 1 aromatic heterocycles. The van der Waals surface area contributed by atoms with E-state index in [1.807, 2.05) is 32.0 Å². The molecule has 0 aliphatic heterocycles. The number of aliphatic hydroxyl groups is 1. The van der Waals surface area contributed by atoms with Crippen LogP contribution in [0.3, 0.4) is 0 Å². The van der Waals surface area contributed by atoms with Crippen LogP contribution in [0.15, 0.2) is 30.7 Å². The molecule has 2 N–H and O–H groups in total. The van der Waals surface area contributed by atoms with E-state index in [1.54, 1.807) is 12.5 Å². The first kappa shape index (κ1) is 9.93. The van der Waals surface area contributed by atoms with Gasteiger partial charge < -0.3 is 10.1 Å². The molecule has 78 valence electrons. The van der Waals surface area contributed by atoms with Gasteiger partial charge in [0.1, 0.15) is 6.10 Å². The summed E-state index contributed by atoms with van der Waals surface area (Å²) in [6.45, 7) is 4.06. The fourth-order valence-electron chi connectivity index (χ4n) is 1.65. The molecule has 1 aromatic carbocycles. The maximum atomic E-state index is 10.1. The zero-order valence-corrected chi connectivity index (χ0v) is 8.86. The number of aryl methyl sites for hydroxylation is 1. The lowest BCUT2D eigenvalue weighted by Crippen LogP contribution is -2.03. The second-order valence-electron chi connectivity index (χ2n) is 3.70. The van der Waals surface area contributed by atoms with Gasteiger partial charge in [-0.1, -0.05) is 18.2 Å². The quantitative estimate of drug-likeness (QED) is 0.783. The molecule has 0 unspecified atom stereocenters. The van der Waals surface area contributed by atoms with Crippen LogP contribution in [0, 0.1) is 13.8 Å². The largest absolute Gasteiger partial charge is 0.382 e. The van der Waals surface area contributed by atoms with Crippen molar-refractivity contribution in [3.05, 3.63) is 53.1 Å². The van der Waals surface area contributed by atoms with E-state index in [2.05, 4.69) is 9.97 Å². The molecule has 1 atom stereocenters. The number of nitrogens with zero attached hydrogens (tertiary/aromatic N) is 1. The summed E-state index contributed by atoms with van der Waals surface area (Å²) >= 11 is 0. The Kier molecular flexibility index (Phi) is 2.56. The second-order valence-corrected chi connectivity index (χ2v) is 3.70. The molecule has 0 aliphatic rings. The summed E-state index contributed by atoms with van der Waals surface area (Å²) in [4.78, 5) is 6.83. The van der Waals surface area contributed by atoms with Gasteiger partial charge in [0.15, 0.2) is 0 Å². The summed E-state index contributed by atoms with van der Waals surface area (Å²) < 4.78 is 0. The minimum Gasteiger partial charge on any atom is -0.382 e. The summed E-state index contributed by atoms with van der Waals surface area (Å²) in [5.74, 6) is 0. The average Bonchev–Trinajstić information content (AvgIpc) is 2.74. The Bertz CT molecular complexity index is 449. The van der Waals surface area contributed by atoms with Crippen LogP contribution >= 0.6 is 0 Å².